The molecule has 0 saturated heterocycles. The van der Waals surface area contributed by atoms with Gasteiger partial charge in [-0.3, -0.25) is 4.79 Å². The Morgan fingerprint density at radius 3 is 2.57 bits per heavy atom. The number of halogens is 2. The van der Waals surface area contributed by atoms with Crippen LogP contribution in [0.2, 0.25) is 10.0 Å². The van der Waals surface area contributed by atoms with Gasteiger partial charge in [0.05, 0.1) is 10.7 Å². The summed E-state index contributed by atoms with van der Waals surface area (Å²) >= 11 is 11.9. The zero-order chi connectivity index (χ0) is 15.6. The third-order valence-corrected chi connectivity index (χ3v) is 3.44. The molecule has 6 heteroatoms. The van der Waals surface area contributed by atoms with E-state index in [-0.39, 0.29) is 5.78 Å². The molecule has 1 N–H and O–H groups in total. The molecular formula is C15H15Cl2N3O. The molecule has 1 aromatic carbocycles. The molecule has 0 spiro atoms. The molecule has 1 heterocycles. The van der Waals surface area contributed by atoms with Crippen molar-refractivity contribution in [3.05, 3.63) is 57.6 Å². The van der Waals surface area contributed by atoms with Crippen molar-refractivity contribution in [2.24, 2.45) is 0 Å². The van der Waals surface area contributed by atoms with E-state index in [1.165, 1.54) is 6.08 Å². The highest BCUT2D eigenvalue weighted by atomic mass is 35.5. The number of imidazole rings is 1. The number of hydrogen-bond acceptors (Lipinski definition) is 3. The van der Waals surface area contributed by atoms with Crippen molar-refractivity contribution < 1.29 is 4.79 Å². The number of aromatic amines is 1. The van der Waals surface area contributed by atoms with E-state index in [1.54, 1.807) is 24.4 Å². The fourth-order valence-electron chi connectivity index (χ4n) is 1.84. The van der Waals surface area contributed by atoms with Crippen LogP contribution in [-0.2, 0) is 0 Å². The second-order valence-corrected chi connectivity index (χ2v) is 5.67. The lowest BCUT2D eigenvalue weighted by Crippen LogP contribution is -2.13. The van der Waals surface area contributed by atoms with E-state index in [4.69, 9.17) is 23.2 Å². The SMILES string of the molecule is Cc1cnc(C(=CC(=O)c2ccc(Cl)cc2Cl)N(C)C)[nH]1. The highest BCUT2D eigenvalue weighted by molar-refractivity contribution is 6.37. The van der Waals surface area contributed by atoms with Crippen LogP contribution in [-0.4, -0.2) is 34.7 Å². The van der Waals surface area contributed by atoms with E-state index in [9.17, 15) is 4.79 Å². The monoisotopic (exact) mass is 323 g/mol. The first-order chi connectivity index (χ1) is 9.88. The molecule has 0 amide bonds. The number of nitrogens with one attached hydrogen (secondary N) is 1. The Morgan fingerprint density at radius 1 is 1.33 bits per heavy atom. The predicted octanol–water partition coefficient (Wildman–Crippen LogP) is 3.81. The number of ketones is 1. The maximum absolute atomic E-state index is 12.4. The summed E-state index contributed by atoms with van der Waals surface area (Å²) in [4.78, 5) is 21.6. The summed E-state index contributed by atoms with van der Waals surface area (Å²) in [7, 11) is 3.70. The van der Waals surface area contributed by atoms with Crippen LogP contribution in [0.4, 0.5) is 0 Å². The number of aryl methyl sites for hydroxylation is 1. The van der Waals surface area contributed by atoms with Crippen LogP contribution in [0.3, 0.4) is 0 Å². The van der Waals surface area contributed by atoms with Crippen LogP contribution >= 0.6 is 23.2 Å². The Bertz CT molecular complexity index is 705. The number of allylic oxidation sites excluding steroid dienone is 1. The third-order valence-electron chi connectivity index (χ3n) is 2.89. The van der Waals surface area contributed by atoms with Crippen LogP contribution in [0, 0.1) is 6.92 Å². The van der Waals surface area contributed by atoms with E-state index in [0.29, 0.717) is 27.1 Å². The number of carbonyl (C=O) groups is 1. The average Bonchev–Trinajstić information content (AvgIpc) is 2.81. The number of carbonyl (C=O) groups excluding carboxylic acids is 1. The number of H-pyrrole nitrogens is 1. The van der Waals surface area contributed by atoms with Gasteiger partial charge in [-0.2, -0.15) is 0 Å². The van der Waals surface area contributed by atoms with E-state index in [0.717, 1.165) is 5.69 Å². The van der Waals surface area contributed by atoms with Gasteiger partial charge in [0.1, 0.15) is 0 Å². The van der Waals surface area contributed by atoms with Gasteiger partial charge in [0.2, 0.25) is 0 Å². The standard InChI is InChI=1S/C15H15Cl2N3O/c1-9-8-18-15(19-9)13(20(2)3)7-14(21)11-5-4-10(16)6-12(11)17/h4-8H,1-3H3,(H,18,19). The number of rotatable bonds is 4. The van der Waals surface area contributed by atoms with Gasteiger partial charge in [-0.1, -0.05) is 23.2 Å². The summed E-state index contributed by atoms with van der Waals surface area (Å²) in [5.41, 5.74) is 2.01. The van der Waals surface area contributed by atoms with Crippen molar-refractivity contribution in [3.8, 4) is 0 Å². The number of hydrogen-bond donors (Lipinski definition) is 1. The minimum absolute atomic E-state index is 0.200. The van der Waals surface area contributed by atoms with Gasteiger partial charge in [0, 0.05) is 42.6 Å². The van der Waals surface area contributed by atoms with Crippen LogP contribution in [0.15, 0.2) is 30.5 Å². The third kappa shape index (κ3) is 3.65. The molecule has 0 fully saturated rings. The van der Waals surface area contributed by atoms with Gasteiger partial charge in [-0.05, 0) is 25.1 Å². The lowest BCUT2D eigenvalue weighted by atomic mass is 10.1. The molecule has 0 bridgehead atoms. The molecule has 110 valence electrons. The molecule has 0 radical (unpaired) electrons. The molecule has 0 aliphatic rings. The zero-order valence-electron chi connectivity index (χ0n) is 11.9. The summed E-state index contributed by atoms with van der Waals surface area (Å²) in [6.07, 6.45) is 3.22. The second kappa shape index (κ2) is 6.33. The van der Waals surface area contributed by atoms with Crippen LogP contribution in [0.25, 0.3) is 5.70 Å². The molecule has 21 heavy (non-hydrogen) atoms. The van der Waals surface area contributed by atoms with Crippen molar-refractivity contribution in [1.29, 1.82) is 0 Å². The van der Waals surface area contributed by atoms with E-state index in [1.807, 2.05) is 25.9 Å². The van der Waals surface area contributed by atoms with E-state index >= 15 is 0 Å². The van der Waals surface area contributed by atoms with Crippen LogP contribution < -0.4 is 0 Å². The van der Waals surface area contributed by atoms with Gasteiger partial charge in [-0.25, -0.2) is 4.98 Å². The van der Waals surface area contributed by atoms with Crippen LogP contribution in [0.1, 0.15) is 21.9 Å². The summed E-state index contributed by atoms with van der Waals surface area (Å²) < 4.78 is 0. The van der Waals surface area contributed by atoms with Crippen molar-refractivity contribution in [1.82, 2.24) is 14.9 Å². The number of nitrogens with zero attached hydrogens (tertiary/aromatic N) is 2. The molecule has 1 aromatic heterocycles. The second-order valence-electron chi connectivity index (χ2n) is 4.83. The topological polar surface area (TPSA) is 49.0 Å². The Balaban J connectivity index is 2.40. The Hall–Kier alpha value is -1.78. The molecule has 2 aromatic rings. The molecule has 0 saturated carbocycles. The van der Waals surface area contributed by atoms with Crippen molar-refractivity contribution >= 4 is 34.7 Å². The van der Waals surface area contributed by atoms with Gasteiger partial charge in [-0.15, -0.1) is 0 Å². The summed E-state index contributed by atoms with van der Waals surface area (Å²) in [5.74, 6) is 0.436. The van der Waals surface area contributed by atoms with Crippen molar-refractivity contribution in [3.63, 3.8) is 0 Å². The molecule has 0 aliphatic carbocycles. The fourth-order valence-corrected chi connectivity index (χ4v) is 2.34. The average molecular weight is 324 g/mol. The van der Waals surface area contributed by atoms with E-state index < -0.39 is 0 Å². The van der Waals surface area contributed by atoms with Gasteiger partial charge in [0.25, 0.3) is 0 Å². The minimum atomic E-state index is -0.200. The largest absolute Gasteiger partial charge is 0.375 e. The first-order valence-electron chi connectivity index (χ1n) is 6.29. The quantitative estimate of drug-likeness (QED) is 0.687. The first kappa shape index (κ1) is 15.6. The van der Waals surface area contributed by atoms with E-state index in [2.05, 4.69) is 9.97 Å². The maximum Gasteiger partial charge on any atom is 0.189 e. The zero-order valence-corrected chi connectivity index (χ0v) is 13.5. The smallest absolute Gasteiger partial charge is 0.189 e. The minimum Gasteiger partial charge on any atom is -0.375 e. The van der Waals surface area contributed by atoms with Gasteiger partial charge >= 0.3 is 0 Å². The molecule has 0 aliphatic heterocycles. The molecule has 4 nitrogen and oxygen atoms in total. The Labute approximate surface area is 133 Å². The van der Waals surface area contributed by atoms with Crippen molar-refractivity contribution in [2.45, 2.75) is 6.92 Å². The Kier molecular flexibility index (Phi) is 4.70. The summed E-state index contributed by atoms with van der Waals surface area (Å²) in [5, 5.41) is 0.826. The lowest BCUT2D eigenvalue weighted by molar-refractivity contribution is 0.104. The normalized spacial score (nSPS) is 11.6. The maximum atomic E-state index is 12.4. The highest BCUT2D eigenvalue weighted by Crippen LogP contribution is 2.23. The lowest BCUT2D eigenvalue weighted by Gasteiger charge is -2.15. The summed E-state index contributed by atoms with van der Waals surface area (Å²) in [6.45, 7) is 1.90. The van der Waals surface area contributed by atoms with Crippen molar-refractivity contribution in [2.75, 3.05) is 14.1 Å². The molecular weight excluding hydrogens is 309 g/mol. The number of benzene rings is 1. The predicted molar refractivity (Wildman–Crippen MR) is 85.8 cm³/mol. The van der Waals surface area contributed by atoms with Crippen LogP contribution in [0.5, 0.6) is 0 Å². The fraction of sp³-hybridized carbons (Fsp3) is 0.200. The van der Waals surface area contributed by atoms with Gasteiger partial charge in [0.15, 0.2) is 11.6 Å². The molecule has 0 atom stereocenters. The van der Waals surface area contributed by atoms with Gasteiger partial charge < -0.3 is 9.88 Å². The first-order valence-corrected chi connectivity index (χ1v) is 7.04. The number of aromatic nitrogens is 2. The Morgan fingerprint density at radius 2 is 2.05 bits per heavy atom. The summed E-state index contributed by atoms with van der Waals surface area (Å²) in [6, 6.07) is 4.81. The molecule has 2 rings (SSSR count). The molecule has 0 unspecified atom stereocenters. The highest BCUT2D eigenvalue weighted by Gasteiger charge is 2.14.